The van der Waals surface area contributed by atoms with Crippen LogP contribution in [0.15, 0.2) is 29.6 Å². The van der Waals surface area contributed by atoms with Gasteiger partial charge in [-0.25, -0.2) is 4.98 Å². The van der Waals surface area contributed by atoms with E-state index >= 15 is 0 Å². The third-order valence-electron chi connectivity index (χ3n) is 2.88. The highest BCUT2D eigenvalue weighted by Crippen LogP contribution is 2.27. The number of hydrazine groups is 1. The highest BCUT2D eigenvalue weighted by Gasteiger charge is 2.16. The first kappa shape index (κ1) is 14.0. The molecule has 0 radical (unpaired) electrons. The van der Waals surface area contributed by atoms with E-state index in [-0.39, 0.29) is 6.04 Å². The Morgan fingerprint density at radius 1 is 1.42 bits per heavy atom. The Hall–Kier alpha value is -1.43. The van der Waals surface area contributed by atoms with E-state index < -0.39 is 0 Å². The van der Waals surface area contributed by atoms with Crippen LogP contribution in [0.1, 0.15) is 29.2 Å². The number of hydrogen-bond acceptors (Lipinski definition) is 5. The summed E-state index contributed by atoms with van der Waals surface area (Å²) in [5.74, 6) is 6.57. The van der Waals surface area contributed by atoms with Gasteiger partial charge >= 0.3 is 0 Å². The molecular weight excluding hydrogens is 258 g/mol. The monoisotopic (exact) mass is 277 g/mol. The molecule has 0 aliphatic heterocycles. The number of benzene rings is 1. The van der Waals surface area contributed by atoms with Gasteiger partial charge < -0.3 is 4.74 Å². The number of nitrogens with one attached hydrogen (secondary N) is 1. The smallest absolute Gasteiger partial charge is 0.124 e. The summed E-state index contributed by atoms with van der Waals surface area (Å²) in [5, 5.41) is 3.15. The van der Waals surface area contributed by atoms with Crippen LogP contribution in [0, 0.1) is 6.92 Å². The molecule has 0 saturated carbocycles. The van der Waals surface area contributed by atoms with E-state index in [0.717, 1.165) is 28.4 Å². The molecule has 1 heterocycles. The second-order valence-electron chi connectivity index (χ2n) is 4.25. The van der Waals surface area contributed by atoms with Crippen molar-refractivity contribution < 1.29 is 4.74 Å². The molecule has 1 aromatic carbocycles. The van der Waals surface area contributed by atoms with Gasteiger partial charge in [0, 0.05) is 17.4 Å². The number of para-hydroxylation sites is 1. The molecule has 0 bridgehead atoms. The van der Waals surface area contributed by atoms with E-state index in [2.05, 4.69) is 15.8 Å². The summed E-state index contributed by atoms with van der Waals surface area (Å²) in [7, 11) is 0. The number of nitrogens with two attached hydrogens (primary N) is 1. The summed E-state index contributed by atoms with van der Waals surface area (Å²) in [4.78, 5) is 4.48. The summed E-state index contributed by atoms with van der Waals surface area (Å²) in [6, 6.07) is 7.97. The van der Waals surface area contributed by atoms with Crippen molar-refractivity contribution >= 4 is 11.3 Å². The summed E-state index contributed by atoms with van der Waals surface area (Å²) < 4.78 is 5.65. The molecule has 0 aliphatic rings. The van der Waals surface area contributed by atoms with Crippen LogP contribution in [0.25, 0.3) is 0 Å². The molecule has 0 amide bonds. The Balaban J connectivity index is 2.21. The van der Waals surface area contributed by atoms with E-state index in [0.29, 0.717) is 6.61 Å². The molecule has 1 atom stereocenters. The van der Waals surface area contributed by atoms with Gasteiger partial charge in [-0.1, -0.05) is 18.2 Å². The number of aromatic nitrogens is 1. The minimum atomic E-state index is 0.00394. The highest BCUT2D eigenvalue weighted by atomic mass is 32.1. The third-order valence-corrected chi connectivity index (χ3v) is 3.70. The van der Waals surface area contributed by atoms with Gasteiger partial charge in [0.25, 0.3) is 0 Å². The van der Waals surface area contributed by atoms with Crippen LogP contribution in [0.4, 0.5) is 0 Å². The Bertz CT molecular complexity index is 527. The molecule has 2 rings (SSSR count). The minimum Gasteiger partial charge on any atom is -0.494 e. The van der Waals surface area contributed by atoms with Crippen LogP contribution in [0.5, 0.6) is 5.75 Å². The van der Waals surface area contributed by atoms with Crippen molar-refractivity contribution in [1.82, 2.24) is 10.4 Å². The zero-order valence-corrected chi connectivity index (χ0v) is 12.0. The number of hydrogen-bond donors (Lipinski definition) is 2. The topological polar surface area (TPSA) is 60.2 Å². The maximum atomic E-state index is 5.69. The average Bonchev–Trinajstić information content (AvgIpc) is 2.83. The average molecular weight is 277 g/mol. The first-order chi connectivity index (χ1) is 9.24. The molecule has 0 fully saturated rings. The van der Waals surface area contributed by atoms with Crippen molar-refractivity contribution in [3.8, 4) is 5.75 Å². The lowest BCUT2D eigenvalue weighted by Crippen LogP contribution is -2.30. The van der Waals surface area contributed by atoms with Crippen molar-refractivity contribution in [2.75, 3.05) is 6.61 Å². The summed E-state index contributed by atoms with van der Waals surface area (Å²) >= 11 is 1.66. The SMILES string of the molecule is CCOc1ccccc1C(Cc1csc(C)n1)NN. The van der Waals surface area contributed by atoms with E-state index in [1.165, 1.54) is 0 Å². The maximum Gasteiger partial charge on any atom is 0.124 e. The Labute approximate surface area is 117 Å². The van der Waals surface area contributed by atoms with Gasteiger partial charge in [0.2, 0.25) is 0 Å². The standard InChI is InChI=1S/C14H19N3OS/c1-3-18-14-7-5-4-6-12(14)13(17-15)8-11-9-19-10(2)16-11/h4-7,9,13,17H,3,8,15H2,1-2H3. The highest BCUT2D eigenvalue weighted by molar-refractivity contribution is 7.09. The number of nitrogens with zero attached hydrogens (tertiary/aromatic N) is 1. The van der Waals surface area contributed by atoms with Gasteiger partial charge in [-0.2, -0.15) is 0 Å². The van der Waals surface area contributed by atoms with Crippen LogP contribution in [0.2, 0.25) is 0 Å². The third kappa shape index (κ3) is 3.53. The lowest BCUT2D eigenvalue weighted by atomic mass is 10.0. The molecular formula is C14H19N3OS. The number of rotatable bonds is 6. The fourth-order valence-electron chi connectivity index (χ4n) is 2.03. The second kappa shape index (κ2) is 6.65. The minimum absolute atomic E-state index is 0.00394. The number of ether oxygens (including phenoxy) is 1. The van der Waals surface area contributed by atoms with E-state index in [9.17, 15) is 0 Å². The van der Waals surface area contributed by atoms with E-state index in [1.54, 1.807) is 11.3 Å². The molecule has 19 heavy (non-hydrogen) atoms. The number of thiazole rings is 1. The molecule has 5 heteroatoms. The zero-order valence-electron chi connectivity index (χ0n) is 11.2. The van der Waals surface area contributed by atoms with Crippen molar-refractivity contribution in [3.63, 3.8) is 0 Å². The Kier molecular flexibility index (Phi) is 4.90. The zero-order chi connectivity index (χ0) is 13.7. The van der Waals surface area contributed by atoms with Crippen molar-refractivity contribution in [2.24, 2.45) is 5.84 Å². The molecule has 0 aliphatic carbocycles. The Morgan fingerprint density at radius 3 is 2.84 bits per heavy atom. The van der Waals surface area contributed by atoms with Gasteiger partial charge in [-0.3, -0.25) is 11.3 Å². The molecule has 0 spiro atoms. The molecule has 0 saturated heterocycles. The van der Waals surface area contributed by atoms with Gasteiger partial charge in [0.15, 0.2) is 0 Å². The summed E-state index contributed by atoms with van der Waals surface area (Å²) in [6.45, 7) is 4.63. The first-order valence-corrected chi connectivity index (χ1v) is 7.21. The second-order valence-corrected chi connectivity index (χ2v) is 5.31. The van der Waals surface area contributed by atoms with E-state index in [1.807, 2.05) is 38.1 Å². The van der Waals surface area contributed by atoms with Crippen molar-refractivity contribution in [2.45, 2.75) is 26.3 Å². The molecule has 2 aromatic rings. The maximum absolute atomic E-state index is 5.69. The predicted octanol–water partition coefficient (Wildman–Crippen LogP) is 2.60. The molecule has 1 unspecified atom stereocenters. The van der Waals surface area contributed by atoms with Crippen LogP contribution < -0.4 is 16.0 Å². The largest absolute Gasteiger partial charge is 0.494 e. The van der Waals surface area contributed by atoms with Gasteiger partial charge in [-0.05, 0) is 19.9 Å². The van der Waals surface area contributed by atoms with Gasteiger partial charge in [0.05, 0.1) is 23.4 Å². The summed E-state index contributed by atoms with van der Waals surface area (Å²) in [6.07, 6.45) is 0.755. The molecule has 4 nitrogen and oxygen atoms in total. The fourth-order valence-corrected chi connectivity index (χ4v) is 2.65. The van der Waals surface area contributed by atoms with Crippen LogP contribution in [-0.4, -0.2) is 11.6 Å². The van der Waals surface area contributed by atoms with Crippen LogP contribution in [-0.2, 0) is 6.42 Å². The molecule has 1 aromatic heterocycles. The van der Waals surface area contributed by atoms with Crippen molar-refractivity contribution in [3.05, 3.63) is 45.9 Å². The lowest BCUT2D eigenvalue weighted by Gasteiger charge is -2.18. The Morgan fingerprint density at radius 2 is 2.21 bits per heavy atom. The first-order valence-electron chi connectivity index (χ1n) is 6.33. The van der Waals surface area contributed by atoms with Gasteiger partial charge in [-0.15, -0.1) is 11.3 Å². The molecule has 3 N–H and O–H groups in total. The molecule has 102 valence electrons. The van der Waals surface area contributed by atoms with Crippen LogP contribution in [0.3, 0.4) is 0 Å². The fraction of sp³-hybridized carbons (Fsp3) is 0.357. The van der Waals surface area contributed by atoms with Crippen LogP contribution >= 0.6 is 11.3 Å². The predicted molar refractivity (Wildman–Crippen MR) is 78.2 cm³/mol. The van der Waals surface area contributed by atoms with Crippen molar-refractivity contribution in [1.29, 1.82) is 0 Å². The van der Waals surface area contributed by atoms with E-state index in [4.69, 9.17) is 10.6 Å². The number of aryl methyl sites for hydroxylation is 1. The van der Waals surface area contributed by atoms with Gasteiger partial charge in [0.1, 0.15) is 5.75 Å². The lowest BCUT2D eigenvalue weighted by molar-refractivity contribution is 0.331. The quantitative estimate of drug-likeness (QED) is 0.629. The summed E-state index contributed by atoms with van der Waals surface area (Å²) in [5.41, 5.74) is 4.98. The normalized spacial score (nSPS) is 12.4.